The van der Waals surface area contributed by atoms with E-state index < -0.39 is 0 Å². The molecule has 0 amide bonds. The Hall–Kier alpha value is -1.75. The minimum Gasteiger partial charge on any atom is -0.494 e. The molecule has 18 heavy (non-hydrogen) atoms. The summed E-state index contributed by atoms with van der Waals surface area (Å²) in [5.74, 6) is 1.28. The van der Waals surface area contributed by atoms with E-state index in [1.54, 1.807) is 24.3 Å². The number of nitrogens with two attached hydrogens (primary N) is 1. The molecule has 0 aliphatic rings. The van der Waals surface area contributed by atoms with E-state index in [9.17, 15) is 4.39 Å². The maximum absolute atomic E-state index is 12.9. The number of rotatable bonds is 3. The van der Waals surface area contributed by atoms with Gasteiger partial charge in [0.15, 0.2) is 0 Å². The summed E-state index contributed by atoms with van der Waals surface area (Å²) in [7, 11) is 1.53. The molecule has 0 atom stereocenters. The van der Waals surface area contributed by atoms with Crippen molar-refractivity contribution in [3.05, 3.63) is 46.7 Å². The Morgan fingerprint density at radius 3 is 2.56 bits per heavy atom. The second-order valence-electron chi connectivity index (χ2n) is 3.58. The van der Waals surface area contributed by atoms with Crippen LogP contribution >= 0.6 is 15.9 Å². The Morgan fingerprint density at radius 1 is 1.11 bits per heavy atom. The Bertz CT molecular complexity index is 575. The molecule has 2 aromatic rings. The predicted molar refractivity (Wildman–Crippen MR) is 71.6 cm³/mol. The zero-order valence-electron chi connectivity index (χ0n) is 9.61. The summed E-state index contributed by atoms with van der Waals surface area (Å²) in [6.45, 7) is 0. The van der Waals surface area contributed by atoms with E-state index in [0.717, 1.165) is 0 Å². The van der Waals surface area contributed by atoms with Crippen LogP contribution < -0.4 is 15.2 Å². The molecule has 0 bridgehead atoms. The van der Waals surface area contributed by atoms with Gasteiger partial charge in [0.1, 0.15) is 23.1 Å². The third-order valence-electron chi connectivity index (χ3n) is 2.33. The van der Waals surface area contributed by atoms with Crippen LogP contribution in [0, 0.1) is 5.82 Å². The van der Waals surface area contributed by atoms with Crippen LogP contribution in [0.4, 0.5) is 10.1 Å². The second kappa shape index (κ2) is 5.27. The molecule has 0 saturated heterocycles. The van der Waals surface area contributed by atoms with Gasteiger partial charge in [0.05, 0.1) is 17.3 Å². The van der Waals surface area contributed by atoms with Gasteiger partial charge in [-0.1, -0.05) is 0 Å². The minimum atomic E-state index is -0.330. The first kappa shape index (κ1) is 12.7. The lowest BCUT2D eigenvalue weighted by molar-refractivity contribution is 0.411. The Labute approximate surface area is 112 Å². The first-order valence-corrected chi connectivity index (χ1v) is 5.96. The van der Waals surface area contributed by atoms with Gasteiger partial charge in [-0.05, 0) is 46.3 Å². The fraction of sp³-hybridized carbons (Fsp3) is 0.0769. The highest BCUT2D eigenvalue weighted by atomic mass is 79.9. The fourth-order valence-electron chi connectivity index (χ4n) is 1.44. The maximum atomic E-state index is 12.9. The molecule has 2 aromatic carbocycles. The Kier molecular flexibility index (Phi) is 3.72. The van der Waals surface area contributed by atoms with Crippen LogP contribution in [0.3, 0.4) is 0 Å². The average Bonchev–Trinajstić information content (AvgIpc) is 2.35. The van der Waals surface area contributed by atoms with Crippen molar-refractivity contribution in [3.8, 4) is 17.2 Å². The van der Waals surface area contributed by atoms with Crippen molar-refractivity contribution < 1.29 is 13.9 Å². The van der Waals surface area contributed by atoms with E-state index in [2.05, 4.69) is 15.9 Å². The van der Waals surface area contributed by atoms with Crippen molar-refractivity contribution in [1.29, 1.82) is 0 Å². The molecule has 0 fully saturated rings. The van der Waals surface area contributed by atoms with Crippen molar-refractivity contribution in [2.45, 2.75) is 0 Å². The van der Waals surface area contributed by atoms with Crippen LogP contribution in [0.25, 0.3) is 0 Å². The van der Waals surface area contributed by atoms with Crippen molar-refractivity contribution in [3.63, 3.8) is 0 Å². The largest absolute Gasteiger partial charge is 0.494 e. The molecule has 2 rings (SSSR count). The van der Waals surface area contributed by atoms with Crippen molar-refractivity contribution in [1.82, 2.24) is 0 Å². The number of anilines is 1. The van der Waals surface area contributed by atoms with Gasteiger partial charge in [0.2, 0.25) is 0 Å². The van der Waals surface area contributed by atoms with E-state index in [-0.39, 0.29) is 5.82 Å². The molecule has 0 aromatic heterocycles. The Balaban J connectivity index is 2.28. The molecule has 0 unspecified atom stereocenters. The van der Waals surface area contributed by atoms with E-state index in [0.29, 0.717) is 27.4 Å². The number of hydrogen-bond donors (Lipinski definition) is 1. The minimum absolute atomic E-state index is 0.330. The molecule has 2 N–H and O–H groups in total. The lowest BCUT2D eigenvalue weighted by atomic mass is 10.3. The van der Waals surface area contributed by atoms with E-state index in [1.165, 1.54) is 19.2 Å². The number of hydrogen-bond acceptors (Lipinski definition) is 3. The smallest absolute Gasteiger partial charge is 0.145 e. The molecule has 0 radical (unpaired) electrons. The lowest BCUT2D eigenvalue weighted by Gasteiger charge is -2.10. The molecule has 0 saturated carbocycles. The third kappa shape index (κ3) is 2.73. The molecule has 5 heteroatoms. The summed E-state index contributed by atoms with van der Waals surface area (Å²) in [4.78, 5) is 0. The molecular formula is C13H11BrFNO2. The summed E-state index contributed by atoms with van der Waals surface area (Å²) < 4.78 is 24.2. The molecule has 0 heterocycles. The highest BCUT2D eigenvalue weighted by Crippen LogP contribution is 2.33. The van der Waals surface area contributed by atoms with E-state index >= 15 is 0 Å². The average molecular weight is 312 g/mol. The fourth-order valence-corrected chi connectivity index (χ4v) is 1.87. The number of methoxy groups -OCH3 is 1. The zero-order valence-corrected chi connectivity index (χ0v) is 11.2. The number of halogens is 2. The predicted octanol–water partition coefficient (Wildman–Crippen LogP) is 3.97. The summed E-state index contributed by atoms with van der Waals surface area (Å²) in [5, 5.41) is 0. The third-order valence-corrected chi connectivity index (χ3v) is 2.95. The van der Waals surface area contributed by atoms with Crippen LogP contribution in [0.2, 0.25) is 0 Å². The molecular weight excluding hydrogens is 301 g/mol. The maximum Gasteiger partial charge on any atom is 0.145 e. The quantitative estimate of drug-likeness (QED) is 0.872. The summed E-state index contributed by atoms with van der Waals surface area (Å²) >= 11 is 3.23. The lowest BCUT2D eigenvalue weighted by Crippen LogP contribution is -1.93. The standard InChI is InChI=1S/C13H11BrFNO2/c1-17-13-7-9(3-4-11(13)16)18-12-5-2-8(15)6-10(12)14/h2-7H,16H2,1H3. The van der Waals surface area contributed by atoms with Crippen molar-refractivity contribution in [2.24, 2.45) is 0 Å². The Morgan fingerprint density at radius 2 is 1.89 bits per heavy atom. The SMILES string of the molecule is COc1cc(Oc2ccc(F)cc2Br)ccc1N. The van der Waals surface area contributed by atoms with Crippen LogP contribution in [0.5, 0.6) is 17.2 Å². The highest BCUT2D eigenvalue weighted by molar-refractivity contribution is 9.10. The van der Waals surface area contributed by atoms with E-state index in [1.807, 2.05) is 0 Å². The van der Waals surface area contributed by atoms with Gasteiger partial charge in [0, 0.05) is 6.07 Å². The first-order valence-electron chi connectivity index (χ1n) is 5.16. The normalized spacial score (nSPS) is 10.2. The molecule has 3 nitrogen and oxygen atoms in total. The zero-order chi connectivity index (χ0) is 13.1. The van der Waals surface area contributed by atoms with Crippen molar-refractivity contribution in [2.75, 3.05) is 12.8 Å². The van der Waals surface area contributed by atoms with Gasteiger partial charge in [-0.3, -0.25) is 0 Å². The second-order valence-corrected chi connectivity index (χ2v) is 4.43. The van der Waals surface area contributed by atoms with Crippen molar-refractivity contribution >= 4 is 21.6 Å². The van der Waals surface area contributed by atoms with Gasteiger partial charge in [-0.2, -0.15) is 0 Å². The summed E-state index contributed by atoms with van der Waals surface area (Å²) in [5.41, 5.74) is 6.23. The van der Waals surface area contributed by atoms with E-state index in [4.69, 9.17) is 15.2 Å². The molecule has 0 spiro atoms. The van der Waals surface area contributed by atoms with Gasteiger partial charge in [-0.15, -0.1) is 0 Å². The van der Waals surface area contributed by atoms with Gasteiger partial charge in [-0.25, -0.2) is 4.39 Å². The number of ether oxygens (including phenoxy) is 2. The summed E-state index contributed by atoms with van der Waals surface area (Å²) in [6.07, 6.45) is 0. The molecule has 0 aliphatic heterocycles. The number of benzene rings is 2. The van der Waals surface area contributed by atoms with Gasteiger partial charge in [0.25, 0.3) is 0 Å². The summed E-state index contributed by atoms with van der Waals surface area (Å²) in [6, 6.07) is 9.28. The topological polar surface area (TPSA) is 44.5 Å². The highest BCUT2D eigenvalue weighted by Gasteiger charge is 2.06. The first-order chi connectivity index (χ1) is 8.60. The molecule has 94 valence electrons. The molecule has 0 aliphatic carbocycles. The van der Waals surface area contributed by atoms with Crippen LogP contribution in [0.1, 0.15) is 0 Å². The van der Waals surface area contributed by atoms with Crippen LogP contribution in [-0.2, 0) is 0 Å². The number of nitrogen functional groups attached to an aromatic ring is 1. The van der Waals surface area contributed by atoms with Crippen LogP contribution in [0.15, 0.2) is 40.9 Å². The van der Waals surface area contributed by atoms with Crippen LogP contribution in [-0.4, -0.2) is 7.11 Å². The van der Waals surface area contributed by atoms with Gasteiger partial charge < -0.3 is 15.2 Å². The monoisotopic (exact) mass is 311 g/mol. The van der Waals surface area contributed by atoms with Gasteiger partial charge >= 0.3 is 0 Å².